The van der Waals surface area contributed by atoms with E-state index in [1.54, 1.807) is 12.4 Å². The van der Waals surface area contributed by atoms with Crippen LogP contribution in [0, 0.1) is 6.92 Å². The predicted molar refractivity (Wildman–Crippen MR) is 96.0 cm³/mol. The molecule has 0 fully saturated rings. The van der Waals surface area contributed by atoms with E-state index < -0.39 is 5.97 Å². The van der Waals surface area contributed by atoms with Crippen molar-refractivity contribution in [3.8, 4) is 0 Å². The molecule has 3 rings (SSSR count). The van der Waals surface area contributed by atoms with Crippen molar-refractivity contribution in [1.29, 1.82) is 0 Å². The monoisotopic (exact) mass is 359 g/mol. The van der Waals surface area contributed by atoms with Crippen LogP contribution in [0.5, 0.6) is 0 Å². The van der Waals surface area contributed by atoms with Gasteiger partial charge in [-0.05, 0) is 26.0 Å². The minimum Gasteiger partial charge on any atom is -0.461 e. The summed E-state index contributed by atoms with van der Waals surface area (Å²) in [7, 11) is 0. The zero-order valence-electron chi connectivity index (χ0n) is 13.8. The van der Waals surface area contributed by atoms with Crippen molar-refractivity contribution in [3.05, 3.63) is 35.0 Å². The number of benzene rings is 1. The second-order valence-electron chi connectivity index (χ2n) is 5.29. The summed E-state index contributed by atoms with van der Waals surface area (Å²) in [5.41, 5.74) is 3.99. The van der Waals surface area contributed by atoms with E-state index in [1.165, 1.54) is 11.3 Å². The summed E-state index contributed by atoms with van der Waals surface area (Å²) in [6.07, 6.45) is 0. The molecule has 2 heterocycles. The number of hydrogen-bond donors (Lipinski definition) is 3. The Balaban J connectivity index is 1.86. The highest BCUT2D eigenvalue weighted by Crippen LogP contribution is 2.29. The van der Waals surface area contributed by atoms with Crippen molar-refractivity contribution in [2.24, 2.45) is 0 Å². The number of ether oxygens (including phenoxy) is 1. The number of aromatic nitrogens is 3. The highest BCUT2D eigenvalue weighted by molar-refractivity contribution is 7.13. The number of amides is 1. The first-order valence-electron chi connectivity index (χ1n) is 7.67. The lowest BCUT2D eigenvalue weighted by Gasteiger charge is -2.08. The molecule has 1 aromatic carbocycles. The van der Waals surface area contributed by atoms with Gasteiger partial charge in [0, 0.05) is 10.9 Å². The van der Waals surface area contributed by atoms with E-state index >= 15 is 0 Å². The SMILES string of the molecule is CCOC(=O)c1[nH]c2ccc(C)cc2c1NC(=O)CNc1nncs1. The molecule has 0 aliphatic rings. The Bertz CT molecular complexity index is 904. The normalized spacial score (nSPS) is 10.6. The molecular formula is C16H17N5O3S. The second-order valence-corrected chi connectivity index (χ2v) is 6.12. The molecule has 0 atom stereocenters. The molecule has 3 N–H and O–H groups in total. The number of nitrogens with one attached hydrogen (secondary N) is 3. The number of carbonyl (C=O) groups excluding carboxylic acids is 2. The van der Waals surface area contributed by atoms with Crippen LogP contribution >= 0.6 is 11.3 Å². The number of aryl methyl sites for hydroxylation is 1. The number of H-pyrrole nitrogens is 1. The number of nitrogens with zero attached hydrogens (tertiary/aromatic N) is 2. The van der Waals surface area contributed by atoms with Gasteiger partial charge in [-0.15, -0.1) is 10.2 Å². The molecule has 0 spiro atoms. The van der Waals surface area contributed by atoms with E-state index in [0.717, 1.165) is 16.5 Å². The van der Waals surface area contributed by atoms with Crippen LogP contribution < -0.4 is 10.6 Å². The molecule has 0 radical (unpaired) electrons. The third-order valence-corrected chi connectivity index (χ3v) is 4.11. The van der Waals surface area contributed by atoms with Gasteiger partial charge in [-0.2, -0.15) is 0 Å². The van der Waals surface area contributed by atoms with Gasteiger partial charge in [0.1, 0.15) is 11.2 Å². The fourth-order valence-electron chi connectivity index (χ4n) is 2.38. The van der Waals surface area contributed by atoms with Crippen LogP contribution in [-0.4, -0.2) is 40.2 Å². The molecule has 0 bridgehead atoms. The van der Waals surface area contributed by atoms with Crippen LogP contribution in [0.2, 0.25) is 0 Å². The second kappa shape index (κ2) is 7.31. The summed E-state index contributed by atoms with van der Waals surface area (Å²) in [6.45, 7) is 3.93. The smallest absolute Gasteiger partial charge is 0.356 e. The first-order chi connectivity index (χ1) is 12.1. The number of esters is 1. The van der Waals surface area contributed by atoms with Crippen molar-refractivity contribution in [3.63, 3.8) is 0 Å². The van der Waals surface area contributed by atoms with Gasteiger partial charge in [-0.1, -0.05) is 23.0 Å². The van der Waals surface area contributed by atoms with Crippen molar-refractivity contribution in [2.75, 3.05) is 23.8 Å². The van der Waals surface area contributed by atoms with E-state index in [4.69, 9.17) is 4.74 Å². The van der Waals surface area contributed by atoms with Gasteiger partial charge < -0.3 is 20.4 Å². The number of anilines is 2. The van der Waals surface area contributed by atoms with Gasteiger partial charge in [0.2, 0.25) is 11.0 Å². The minimum atomic E-state index is -0.510. The summed E-state index contributed by atoms with van der Waals surface area (Å²) >= 11 is 1.30. The van der Waals surface area contributed by atoms with E-state index in [9.17, 15) is 9.59 Å². The van der Waals surface area contributed by atoms with E-state index in [1.807, 2.05) is 25.1 Å². The Morgan fingerprint density at radius 3 is 2.92 bits per heavy atom. The first kappa shape index (κ1) is 16.9. The maximum Gasteiger partial charge on any atom is 0.356 e. The topological polar surface area (TPSA) is 109 Å². The highest BCUT2D eigenvalue weighted by Gasteiger charge is 2.20. The fourth-order valence-corrected chi connectivity index (χ4v) is 2.83. The Hall–Kier alpha value is -2.94. The van der Waals surface area contributed by atoms with Gasteiger partial charge in [-0.25, -0.2) is 4.79 Å². The Morgan fingerprint density at radius 1 is 1.36 bits per heavy atom. The molecule has 2 aromatic heterocycles. The van der Waals surface area contributed by atoms with Crippen LogP contribution in [0.3, 0.4) is 0 Å². The molecule has 25 heavy (non-hydrogen) atoms. The summed E-state index contributed by atoms with van der Waals surface area (Å²) in [4.78, 5) is 27.5. The van der Waals surface area contributed by atoms with Crippen LogP contribution in [-0.2, 0) is 9.53 Å². The molecule has 0 aliphatic heterocycles. The van der Waals surface area contributed by atoms with E-state index in [2.05, 4.69) is 25.8 Å². The number of hydrogen-bond acceptors (Lipinski definition) is 7. The molecule has 3 aromatic rings. The molecular weight excluding hydrogens is 342 g/mol. The average Bonchev–Trinajstić information content (AvgIpc) is 3.21. The summed E-state index contributed by atoms with van der Waals surface area (Å²) in [5.74, 6) is -0.813. The summed E-state index contributed by atoms with van der Waals surface area (Å²) in [5, 5.41) is 14.5. The van der Waals surface area contributed by atoms with Gasteiger partial charge >= 0.3 is 5.97 Å². The highest BCUT2D eigenvalue weighted by atomic mass is 32.1. The van der Waals surface area contributed by atoms with Gasteiger partial charge in [-0.3, -0.25) is 4.79 Å². The summed E-state index contributed by atoms with van der Waals surface area (Å²) < 4.78 is 5.08. The zero-order valence-corrected chi connectivity index (χ0v) is 14.6. The fraction of sp³-hybridized carbons (Fsp3) is 0.250. The number of rotatable bonds is 6. The average molecular weight is 359 g/mol. The molecule has 0 saturated heterocycles. The standard InChI is InChI=1S/C16H17N5O3S/c1-3-24-15(23)14-13(10-6-9(2)4-5-11(10)19-14)20-12(22)7-17-16-21-18-8-25-16/h4-6,8,19H,3,7H2,1-2H3,(H,17,21)(H,20,22). The molecule has 0 unspecified atom stereocenters. The Kier molecular flexibility index (Phi) is 4.94. The minimum absolute atomic E-state index is 0.00987. The third kappa shape index (κ3) is 3.77. The quantitative estimate of drug-likeness (QED) is 0.584. The lowest BCUT2D eigenvalue weighted by atomic mass is 10.1. The van der Waals surface area contributed by atoms with E-state index in [-0.39, 0.29) is 24.8 Å². The van der Waals surface area contributed by atoms with Crippen molar-refractivity contribution in [2.45, 2.75) is 13.8 Å². The largest absolute Gasteiger partial charge is 0.461 e. The van der Waals surface area contributed by atoms with Crippen molar-refractivity contribution < 1.29 is 14.3 Å². The maximum absolute atomic E-state index is 12.3. The lowest BCUT2D eigenvalue weighted by molar-refractivity contribution is -0.114. The molecule has 0 saturated carbocycles. The van der Waals surface area contributed by atoms with E-state index in [0.29, 0.717) is 10.8 Å². The number of aromatic amines is 1. The Morgan fingerprint density at radius 2 is 2.20 bits per heavy atom. The van der Waals surface area contributed by atoms with Crippen LogP contribution in [0.15, 0.2) is 23.7 Å². The van der Waals surface area contributed by atoms with Gasteiger partial charge in [0.15, 0.2) is 0 Å². The Labute approximate surface area is 147 Å². The zero-order chi connectivity index (χ0) is 17.8. The van der Waals surface area contributed by atoms with Crippen LogP contribution in [0.1, 0.15) is 23.0 Å². The van der Waals surface area contributed by atoms with Crippen LogP contribution in [0.4, 0.5) is 10.8 Å². The third-order valence-electron chi connectivity index (χ3n) is 3.46. The lowest BCUT2D eigenvalue weighted by Crippen LogP contribution is -2.23. The van der Waals surface area contributed by atoms with Crippen molar-refractivity contribution >= 4 is 44.9 Å². The number of fused-ring (bicyclic) bond motifs is 1. The first-order valence-corrected chi connectivity index (χ1v) is 8.55. The van der Waals surface area contributed by atoms with Crippen molar-refractivity contribution in [1.82, 2.24) is 15.2 Å². The summed E-state index contributed by atoms with van der Waals surface area (Å²) in [6, 6.07) is 5.70. The molecule has 130 valence electrons. The maximum atomic E-state index is 12.3. The predicted octanol–water partition coefficient (Wildman–Crippen LogP) is 2.56. The molecule has 8 nitrogen and oxygen atoms in total. The van der Waals surface area contributed by atoms with Crippen LogP contribution in [0.25, 0.3) is 10.9 Å². The molecule has 0 aliphatic carbocycles. The number of carbonyl (C=O) groups is 2. The van der Waals surface area contributed by atoms with Gasteiger partial charge in [0.05, 0.1) is 18.8 Å². The van der Waals surface area contributed by atoms with Gasteiger partial charge in [0.25, 0.3) is 0 Å². The molecule has 1 amide bonds. The molecule has 9 heteroatoms.